The molecule has 1 aromatic rings. The minimum Gasteiger partial charge on any atom is -0.387 e. The van der Waals surface area contributed by atoms with Gasteiger partial charge in [0, 0.05) is 32.7 Å². The van der Waals surface area contributed by atoms with Gasteiger partial charge in [0.15, 0.2) is 12.0 Å². The number of aliphatic hydroxyl groups is 2. The van der Waals surface area contributed by atoms with Crippen LogP contribution in [0.5, 0.6) is 0 Å². The molecule has 0 bridgehead atoms. The molecule has 1 saturated heterocycles. The monoisotopic (exact) mass is 436 g/mol. The number of nitrogens with zero attached hydrogens (tertiary/aromatic N) is 3. The van der Waals surface area contributed by atoms with E-state index in [1.807, 2.05) is 6.92 Å². The summed E-state index contributed by atoms with van der Waals surface area (Å²) in [5, 5.41) is 21.7. The van der Waals surface area contributed by atoms with E-state index in [0.29, 0.717) is 17.2 Å². The van der Waals surface area contributed by atoms with Gasteiger partial charge in [0.1, 0.15) is 30.5 Å². The molecule has 0 saturated carbocycles. The van der Waals surface area contributed by atoms with Crippen molar-refractivity contribution in [3.63, 3.8) is 0 Å². The molecule has 0 amide bonds. The largest absolute Gasteiger partial charge is 0.387 e. The fourth-order valence-electron chi connectivity index (χ4n) is 2.77. The maximum atomic E-state index is 10.6. The van der Waals surface area contributed by atoms with Gasteiger partial charge in [-0.3, -0.25) is 9.57 Å². The molecular formula is C11H18N5O6PY. The number of fused-ring (bicyclic) bond motifs is 1. The average molecular weight is 436 g/mol. The summed E-state index contributed by atoms with van der Waals surface area (Å²) in [5.74, 6) is 0.753. The van der Waals surface area contributed by atoms with E-state index in [9.17, 15) is 14.8 Å². The Balaban J connectivity index is 0.00000208. The first-order valence-electron chi connectivity index (χ1n) is 6.93. The van der Waals surface area contributed by atoms with E-state index < -0.39 is 32.8 Å². The first-order chi connectivity index (χ1) is 10.9. The minimum absolute atomic E-state index is 0. The van der Waals surface area contributed by atoms with Crippen LogP contribution in [0.4, 0.5) is 11.6 Å². The molecule has 131 valence electrons. The second-order valence-electron chi connectivity index (χ2n) is 5.34. The van der Waals surface area contributed by atoms with Crippen LogP contribution in [-0.2, 0) is 46.5 Å². The van der Waals surface area contributed by atoms with E-state index in [1.54, 1.807) is 0 Å². The van der Waals surface area contributed by atoms with Crippen LogP contribution in [0, 0.1) is 0 Å². The van der Waals surface area contributed by atoms with Crippen molar-refractivity contribution in [3.8, 4) is 0 Å². The van der Waals surface area contributed by atoms with Crippen LogP contribution in [0.2, 0.25) is 0 Å². The first-order valence-corrected chi connectivity index (χ1v) is 8.19. The number of aromatic nitrogens is 2. The quantitative estimate of drug-likeness (QED) is 0.342. The van der Waals surface area contributed by atoms with Gasteiger partial charge in [-0.2, -0.15) is 0 Å². The molecule has 3 rings (SSSR count). The number of hydrazine groups is 1. The molecule has 2 aliphatic rings. The number of nitrogen functional groups attached to an aromatic ring is 1. The van der Waals surface area contributed by atoms with Gasteiger partial charge < -0.3 is 30.1 Å². The number of hydrogen-bond acceptors (Lipinski definition) is 10. The summed E-state index contributed by atoms with van der Waals surface area (Å²) in [6.45, 7) is 1.53. The number of nitrogens with one attached hydrogen (secondary N) is 1. The van der Waals surface area contributed by atoms with Crippen molar-refractivity contribution in [1.82, 2.24) is 15.4 Å². The van der Waals surface area contributed by atoms with Crippen LogP contribution in [0.1, 0.15) is 18.5 Å². The van der Waals surface area contributed by atoms with Crippen molar-refractivity contribution in [1.29, 1.82) is 0 Å². The maximum absolute atomic E-state index is 10.6. The Bertz CT molecular complexity index is 627. The number of ether oxygens (including phenoxy) is 1. The third-order valence-corrected chi connectivity index (χ3v) is 4.26. The Kier molecular flexibility index (Phi) is 6.68. The van der Waals surface area contributed by atoms with Crippen LogP contribution in [0.3, 0.4) is 0 Å². The van der Waals surface area contributed by atoms with E-state index in [1.165, 1.54) is 11.3 Å². The molecule has 0 spiro atoms. The Morgan fingerprint density at radius 1 is 1.46 bits per heavy atom. The van der Waals surface area contributed by atoms with Gasteiger partial charge in [-0.05, 0) is 6.92 Å². The van der Waals surface area contributed by atoms with Crippen molar-refractivity contribution < 1.29 is 61.6 Å². The van der Waals surface area contributed by atoms with Crippen LogP contribution in [0.15, 0.2) is 6.33 Å². The van der Waals surface area contributed by atoms with Gasteiger partial charge in [-0.1, -0.05) is 0 Å². The molecule has 0 aliphatic carbocycles. The summed E-state index contributed by atoms with van der Waals surface area (Å²) in [4.78, 5) is 16.8. The third-order valence-electron chi connectivity index (χ3n) is 3.85. The molecule has 24 heavy (non-hydrogen) atoms. The van der Waals surface area contributed by atoms with Crippen LogP contribution >= 0.6 is 8.25 Å². The van der Waals surface area contributed by atoms with E-state index in [2.05, 4.69) is 19.9 Å². The summed E-state index contributed by atoms with van der Waals surface area (Å²) < 4.78 is 20.8. The van der Waals surface area contributed by atoms with Crippen molar-refractivity contribution in [2.75, 3.05) is 17.3 Å². The first kappa shape index (κ1) is 20.1. The standard InChI is InChI=1S/C11H18N5O6P.Y/c1-4-6-9(12)13-3-14-10(6)16(15-4)11-8(18)7(17)5(22-11)2-21-23(19)20;/h3-5,7-8,11,15,17-18,23H,2H2,1H3,(H,19,20)(H2,12,13,14);/t4?,5-,7-,8-,11?;/m1./s1. The summed E-state index contributed by atoms with van der Waals surface area (Å²) in [5.41, 5.74) is 9.56. The zero-order valence-electron chi connectivity index (χ0n) is 12.7. The van der Waals surface area contributed by atoms with E-state index in [-0.39, 0.29) is 45.4 Å². The third kappa shape index (κ3) is 3.64. The maximum Gasteiger partial charge on any atom is 0.316 e. The predicted molar refractivity (Wildman–Crippen MR) is 78.3 cm³/mol. The van der Waals surface area contributed by atoms with Gasteiger partial charge in [0.2, 0.25) is 0 Å². The van der Waals surface area contributed by atoms with Gasteiger partial charge in [0.25, 0.3) is 0 Å². The Morgan fingerprint density at radius 3 is 2.83 bits per heavy atom. The smallest absolute Gasteiger partial charge is 0.316 e. The Labute approximate surface area is 163 Å². The van der Waals surface area contributed by atoms with Gasteiger partial charge >= 0.3 is 8.25 Å². The Morgan fingerprint density at radius 2 is 2.17 bits per heavy atom. The molecule has 13 heteroatoms. The van der Waals surface area contributed by atoms with Gasteiger partial charge in [-0.25, -0.2) is 15.4 Å². The van der Waals surface area contributed by atoms with Crippen LogP contribution in [-0.4, -0.2) is 56.2 Å². The van der Waals surface area contributed by atoms with E-state index in [0.717, 1.165) is 0 Å². The molecule has 6 N–H and O–H groups in total. The molecule has 3 unspecified atom stereocenters. The Hall–Kier alpha value is -0.226. The number of hydrogen-bond donors (Lipinski definition) is 5. The van der Waals surface area contributed by atoms with Gasteiger partial charge in [-0.15, -0.1) is 0 Å². The minimum atomic E-state index is -3.15. The van der Waals surface area contributed by atoms with Crippen molar-refractivity contribution in [2.24, 2.45) is 0 Å². The molecule has 6 atom stereocenters. The summed E-state index contributed by atoms with van der Waals surface area (Å²) >= 11 is 0. The zero-order chi connectivity index (χ0) is 16.7. The molecule has 3 heterocycles. The molecule has 1 aromatic heterocycles. The average Bonchev–Trinajstić information content (AvgIpc) is 2.97. The number of nitrogens with two attached hydrogens (primary N) is 1. The number of aliphatic hydroxyl groups excluding tert-OH is 2. The van der Waals surface area contributed by atoms with Crippen molar-refractivity contribution in [2.45, 2.75) is 37.5 Å². The van der Waals surface area contributed by atoms with Gasteiger partial charge in [0.05, 0.1) is 18.2 Å². The summed E-state index contributed by atoms with van der Waals surface area (Å²) in [7, 11) is -3.15. The summed E-state index contributed by atoms with van der Waals surface area (Å²) in [6, 6.07) is -0.205. The van der Waals surface area contributed by atoms with Crippen LogP contribution in [0.25, 0.3) is 0 Å². The van der Waals surface area contributed by atoms with Crippen molar-refractivity contribution in [3.05, 3.63) is 11.9 Å². The second kappa shape index (κ2) is 7.98. The molecule has 1 fully saturated rings. The fourth-order valence-corrected chi connectivity index (χ4v) is 3.08. The second-order valence-corrected chi connectivity index (χ2v) is 6.16. The number of anilines is 2. The zero-order valence-corrected chi connectivity index (χ0v) is 16.6. The number of rotatable bonds is 4. The van der Waals surface area contributed by atoms with E-state index in [4.69, 9.17) is 15.4 Å². The molecule has 11 nitrogen and oxygen atoms in total. The molecule has 1 radical (unpaired) electrons. The summed E-state index contributed by atoms with van der Waals surface area (Å²) in [6.07, 6.45) is -3.17. The fraction of sp³-hybridized carbons (Fsp3) is 0.636. The molecule has 2 aliphatic heterocycles. The van der Waals surface area contributed by atoms with Crippen LogP contribution < -0.4 is 16.2 Å². The van der Waals surface area contributed by atoms with E-state index >= 15 is 0 Å². The normalized spacial score (nSPS) is 33.2. The topological polar surface area (TPSA) is 163 Å². The molecule has 0 aromatic carbocycles. The predicted octanol–water partition coefficient (Wildman–Crippen LogP) is -1.71. The molecular weight excluding hydrogens is 418 g/mol. The SMILES string of the molecule is CC1NN(C2O[C@H](CO[PH](=O)O)[C@@H](O)[C@H]2O)c2ncnc(N)c21.[Y]. The van der Waals surface area contributed by atoms with Crippen molar-refractivity contribution >= 4 is 19.9 Å².